The van der Waals surface area contributed by atoms with Gasteiger partial charge in [0.15, 0.2) is 9.84 Å². The summed E-state index contributed by atoms with van der Waals surface area (Å²) in [6, 6.07) is 16.5. The topological polar surface area (TPSA) is 66.4 Å². The minimum Gasteiger partial charge on any atom is -0.388 e. The van der Waals surface area contributed by atoms with Gasteiger partial charge < -0.3 is 10.4 Å². The van der Waals surface area contributed by atoms with Gasteiger partial charge in [0, 0.05) is 19.3 Å². The summed E-state index contributed by atoms with van der Waals surface area (Å²) in [5, 5.41) is 13.7. The Kier molecular flexibility index (Phi) is 5.93. The summed E-state index contributed by atoms with van der Waals surface area (Å²) >= 11 is 0. The Bertz CT molecular complexity index is 712. The number of aliphatic hydroxyl groups excluding tert-OH is 1. The second kappa shape index (κ2) is 7.73. The molecular formula is C18H23NO3S. The van der Waals surface area contributed by atoms with Crippen molar-refractivity contribution in [2.24, 2.45) is 5.92 Å². The number of aliphatic hydroxyl groups is 1. The van der Waals surface area contributed by atoms with Crippen molar-refractivity contribution >= 4 is 9.84 Å². The fourth-order valence-electron chi connectivity index (χ4n) is 2.39. The summed E-state index contributed by atoms with van der Waals surface area (Å²) in [7, 11) is -3.20. The standard InChI is InChI=1S/C18H23NO3S/c1-14(12-19-13-15-6-4-3-5-7-15)18(20)16-8-10-17(11-9-16)23(2,21)22/h3-11,14,18-20H,12-13H2,1-2H3. The lowest BCUT2D eigenvalue weighted by Crippen LogP contribution is -2.25. The van der Waals surface area contributed by atoms with Crippen molar-refractivity contribution in [1.82, 2.24) is 5.32 Å². The molecule has 2 unspecified atom stereocenters. The van der Waals surface area contributed by atoms with Gasteiger partial charge in [-0.15, -0.1) is 0 Å². The summed E-state index contributed by atoms with van der Waals surface area (Å²) in [6.45, 7) is 3.39. The maximum atomic E-state index is 11.5. The van der Waals surface area contributed by atoms with E-state index in [-0.39, 0.29) is 10.8 Å². The largest absolute Gasteiger partial charge is 0.388 e. The maximum Gasteiger partial charge on any atom is 0.175 e. The molecule has 0 saturated heterocycles. The lowest BCUT2D eigenvalue weighted by Gasteiger charge is -2.20. The first-order valence-corrected chi connectivity index (χ1v) is 9.50. The summed E-state index contributed by atoms with van der Waals surface area (Å²) in [5.74, 6) is 0.0165. The molecule has 2 rings (SSSR count). The Morgan fingerprint density at radius 2 is 1.65 bits per heavy atom. The average Bonchev–Trinajstić information content (AvgIpc) is 2.54. The van der Waals surface area contributed by atoms with E-state index in [1.807, 2.05) is 25.1 Å². The zero-order valence-corrected chi connectivity index (χ0v) is 14.3. The number of hydrogen-bond acceptors (Lipinski definition) is 4. The molecule has 2 aromatic carbocycles. The molecule has 4 nitrogen and oxygen atoms in total. The third-order valence-corrected chi connectivity index (χ3v) is 4.96. The van der Waals surface area contributed by atoms with Crippen molar-refractivity contribution in [3.8, 4) is 0 Å². The highest BCUT2D eigenvalue weighted by Crippen LogP contribution is 2.22. The molecule has 0 aliphatic carbocycles. The van der Waals surface area contributed by atoms with E-state index < -0.39 is 15.9 Å². The molecule has 23 heavy (non-hydrogen) atoms. The monoisotopic (exact) mass is 333 g/mol. The van der Waals surface area contributed by atoms with Crippen LogP contribution in [-0.4, -0.2) is 26.3 Å². The van der Waals surface area contributed by atoms with Gasteiger partial charge in [0.25, 0.3) is 0 Å². The van der Waals surface area contributed by atoms with Crippen LogP contribution >= 0.6 is 0 Å². The summed E-state index contributed by atoms with van der Waals surface area (Å²) in [5.41, 5.74) is 1.93. The van der Waals surface area contributed by atoms with E-state index in [0.29, 0.717) is 6.54 Å². The summed E-state index contributed by atoms with van der Waals surface area (Å²) in [4.78, 5) is 0.267. The van der Waals surface area contributed by atoms with Gasteiger partial charge in [-0.1, -0.05) is 49.4 Å². The second-order valence-corrected chi connectivity index (χ2v) is 7.90. The van der Waals surface area contributed by atoms with Gasteiger partial charge in [-0.25, -0.2) is 8.42 Å². The summed E-state index contributed by atoms with van der Waals surface area (Å²) < 4.78 is 22.9. The van der Waals surface area contributed by atoms with Gasteiger partial charge in [-0.2, -0.15) is 0 Å². The first-order valence-electron chi connectivity index (χ1n) is 7.60. The predicted octanol–water partition coefficient (Wildman–Crippen LogP) is 2.55. The molecule has 124 valence electrons. The van der Waals surface area contributed by atoms with E-state index in [9.17, 15) is 13.5 Å². The first kappa shape index (κ1) is 17.7. The van der Waals surface area contributed by atoms with Crippen LogP contribution < -0.4 is 5.32 Å². The third kappa shape index (κ3) is 5.16. The van der Waals surface area contributed by atoms with Crippen LogP contribution in [0.3, 0.4) is 0 Å². The van der Waals surface area contributed by atoms with Crippen molar-refractivity contribution in [3.63, 3.8) is 0 Å². The van der Waals surface area contributed by atoms with Crippen LogP contribution in [0.15, 0.2) is 59.5 Å². The van der Waals surface area contributed by atoms with Gasteiger partial charge in [-0.05, 0) is 29.2 Å². The first-order chi connectivity index (χ1) is 10.9. The molecule has 0 aliphatic rings. The van der Waals surface area contributed by atoms with E-state index in [4.69, 9.17) is 0 Å². The molecule has 0 radical (unpaired) electrons. The molecular weight excluding hydrogens is 310 g/mol. The molecule has 0 amide bonds. The minimum absolute atomic E-state index is 0.0165. The van der Waals surface area contributed by atoms with Crippen molar-refractivity contribution in [1.29, 1.82) is 0 Å². The highest BCUT2D eigenvalue weighted by Gasteiger charge is 2.17. The average molecular weight is 333 g/mol. The molecule has 2 N–H and O–H groups in total. The molecule has 0 fully saturated rings. The molecule has 0 spiro atoms. The van der Waals surface area contributed by atoms with Gasteiger partial charge in [0.05, 0.1) is 11.0 Å². The molecule has 0 aliphatic heterocycles. The molecule has 0 heterocycles. The highest BCUT2D eigenvalue weighted by atomic mass is 32.2. The smallest absolute Gasteiger partial charge is 0.175 e. The maximum absolute atomic E-state index is 11.5. The number of sulfone groups is 1. The van der Waals surface area contributed by atoms with Crippen LogP contribution in [0.4, 0.5) is 0 Å². The van der Waals surface area contributed by atoms with Crippen LogP contribution in [0, 0.1) is 5.92 Å². The Labute approximate surface area is 138 Å². The second-order valence-electron chi connectivity index (χ2n) is 5.88. The molecule has 5 heteroatoms. The number of benzene rings is 2. The lowest BCUT2D eigenvalue weighted by molar-refractivity contribution is 0.116. The lowest BCUT2D eigenvalue weighted by atomic mass is 9.97. The van der Waals surface area contributed by atoms with E-state index >= 15 is 0 Å². The minimum atomic E-state index is -3.20. The van der Waals surface area contributed by atoms with Crippen molar-refractivity contribution in [2.45, 2.75) is 24.5 Å². The van der Waals surface area contributed by atoms with Crippen molar-refractivity contribution < 1.29 is 13.5 Å². The third-order valence-electron chi connectivity index (χ3n) is 3.83. The van der Waals surface area contributed by atoms with E-state index in [1.54, 1.807) is 12.1 Å². The zero-order chi connectivity index (χ0) is 16.9. The zero-order valence-electron chi connectivity index (χ0n) is 13.4. The van der Waals surface area contributed by atoms with Gasteiger partial charge in [0.2, 0.25) is 0 Å². The Balaban J connectivity index is 1.90. The van der Waals surface area contributed by atoms with Crippen LogP contribution in [0.25, 0.3) is 0 Å². The van der Waals surface area contributed by atoms with Crippen molar-refractivity contribution in [3.05, 3.63) is 65.7 Å². The quantitative estimate of drug-likeness (QED) is 0.817. The Morgan fingerprint density at radius 1 is 1.04 bits per heavy atom. The Morgan fingerprint density at radius 3 is 2.22 bits per heavy atom. The number of rotatable bonds is 7. The van der Waals surface area contributed by atoms with Crippen LogP contribution in [0.2, 0.25) is 0 Å². The Hall–Kier alpha value is -1.69. The van der Waals surface area contributed by atoms with Crippen LogP contribution in [0.1, 0.15) is 24.2 Å². The number of hydrogen-bond donors (Lipinski definition) is 2. The van der Waals surface area contributed by atoms with Gasteiger partial charge in [-0.3, -0.25) is 0 Å². The molecule has 0 saturated carbocycles. The summed E-state index contributed by atoms with van der Waals surface area (Å²) in [6.07, 6.45) is 0.543. The molecule has 2 atom stereocenters. The van der Waals surface area contributed by atoms with Gasteiger partial charge in [0.1, 0.15) is 0 Å². The molecule has 0 bridgehead atoms. The molecule has 0 aromatic heterocycles. The fraction of sp³-hybridized carbons (Fsp3) is 0.333. The van der Waals surface area contributed by atoms with E-state index in [0.717, 1.165) is 12.1 Å². The van der Waals surface area contributed by atoms with E-state index in [1.165, 1.54) is 24.0 Å². The number of nitrogens with one attached hydrogen (secondary N) is 1. The highest BCUT2D eigenvalue weighted by molar-refractivity contribution is 7.90. The van der Waals surface area contributed by atoms with E-state index in [2.05, 4.69) is 17.4 Å². The van der Waals surface area contributed by atoms with Crippen LogP contribution in [-0.2, 0) is 16.4 Å². The fourth-order valence-corrected chi connectivity index (χ4v) is 3.02. The molecule has 2 aromatic rings. The van der Waals surface area contributed by atoms with Gasteiger partial charge >= 0.3 is 0 Å². The van der Waals surface area contributed by atoms with Crippen molar-refractivity contribution in [2.75, 3.05) is 12.8 Å². The predicted molar refractivity (Wildman–Crippen MR) is 91.8 cm³/mol. The normalized spacial score (nSPS) is 14.4. The van der Waals surface area contributed by atoms with Crippen LogP contribution in [0.5, 0.6) is 0 Å². The SMILES string of the molecule is CC(CNCc1ccccc1)C(O)c1ccc(S(C)(=O)=O)cc1.